The number of para-hydroxylation sites is 1. The Morgan fingerprint density at radius 1 is 0.912 bits per heavy atom. The molecule has 0 saturated heterocycles. The van der Waals surface area contributed by atoms with Crippen molar-refractivity contribution < 1.29 is 14.1 Å². The predicted molar refractivity (Wildman–Crippen MR) is 131 cm³/mol. The summed E-state index contributed by atoms with van der Waals surface area (Å²) >= 11 is 5.91. The first-order chi connectivity index (χ1) is 16.5. The molecule has 8 heteroatoms. The van der Waals surface area contributed by atoms with Gasteiger partial charge in [0.25, 0.3) is 11.6 Å². The molecule has 3 aromatic carbocycles. The van der Waals surface area contributed by atoms with Gasteiger partial charge in [-0.15, -0.1) is 0 Å². The SMILES string of the molecule is O=C1/C(=C\c2ccc(-c3ccc(Cl)c([N+](=O)[O-])c3)o2)C(c2ccccc2)=NN1c1ccccc1. The van der Waals surface area contributed by atoms with Gasteiger partial charge < -0.3 is 4.42 Å². The van der Waals surface area contributed by atoms with E-state index in [2.05, 4.69) is 5.10 Å². The number of hydrogen-bond donors (Lipinski definition) is 0. The molecule has 1 aliphatic heterocycles. The molecule has 166 valence electrons. The number of furan rings is 1. The normalized spacial score (nSPS) is 14.5. The van der Waals surface area contributed by atoms with Crippen molar-refractivity contribution in [3.05, 3.63) is 123 Å². The summed E-state index contributed by atoms with van der Waals surface area (Å²) in [5.41, 5.74) is 2.63. The van der Waals surface area contributed by atoms with Crippen LogP contribution in [0.2, 0.25) is 5.02 Å². The largest absolute Gasteiger partial charge is 0.457 e. The van der Waals surface area contributed by atoms with Gasteiger partial charge >= 0.3 is 0 Å². The number of amides is 1. The molecule has 0 bridgehead atoms. The van der Waals surface area contributed by atoms with E-state index in [9.17, 15) is 14.9 Å². The zero-order chi connectivity index (χ0) is 23.7. The number of anilines is 1. The Balaban J connectivity index is 1.54. The molecule has 4 aromatic rings. The number of hydrazone groups is 1. The summed E-state index contributed by atoms with van der Waals surface area (Å²) in [7, 11) is 0. The lowest BCUT2D eigenvalue weighted by molar-refractivity contribution is -0.384. The molecule has 0 unspecified atom stereocenters. The van der Waals surface area contributed by atoms with Gasteiger partial charge in [0.1, 0.15) is 22.3 Å². The summed E-state index contributed by atoms with van der Waals surface area (Å²) in [6.07, 6.45) is 1.63. The van der Waals surface area contributed by atoms with Crippen LogP contribution in [0.5, 0.6) is 0 Å². The number of benzene rings is 3. The molecule has 0 aliphatic carbocycles. The summed E-state index contributed by atoms with van der Waals surface area (Å²) in [6, 6.07) is 26.4. The number of nitrogens with zero attached hydrogens (tertiary/aromatic N) is 3. The van der Waals surface area contributed by atoms with Crippen LogP contribution in [0.15, 0.2) is 106 Å². The van der Waals surface area contributed by atoms with E-state index >= 15 is 0 Å². The quantitative estimate of drug-likeness (QED) is 0.194. The van der Waals surface area contributed by atoms with Crippen LogP contribution in [0.1, 0.15) is 11.3 Å². The second-order valence-electron chi connectivity index (χ2n) is 7.45. The van der Waals surface area contributed by atoms with Crippen molar-refractivity contribution in [2.45, 2.75) is 0 Å². The minimum atomic E-state index is -0.546. The Labute approximate surface area is 199 Å². The Hall–Kier alpha value is -4.49. The van der Waals surface area contributed by atoms with E-state index in [0.717, 1.165) is 5.56 Å². The Morgan fingerprint density at radius 2 is 1.62 bits per heavy atom. The van der Waals surface area contributed by atoms with Crippen LogP contribution in [0.25, 0.3) is 17.4 Å². The van der Waals surface area contributed by atoms with Gasteiger partial charge in [0.2, 0.25) is 0 Å². The predicted octanol–water partition coefficient (Wildman–Crippen LogP) is 6.34. The van der Waals surface area contributed by atoms with E-state index in [0.29, 0.717) is 34.1 Å². The van der Waals surface area contributed by atoms with E-state index in [1.165, 1.54) is 17.1 Å². The third-order valence-electron chi connectivity index (χ3n) is 5.27. The second-order valence-corrected chi connectivity index (χ2v) is 7.86. The van der Waals surface area contributed by atoms with Crippen LogP contribution in [0, 0.1) is 10.1 Å². The smallest absolute Gasteiger partial charge is 0.288 e. The van der Waals surface area contributed by atoms with Gasteiger partial charge in [-0.2, -0.15) is 10.1 Å². The van der Waals surface area contributed by atoms with Crippen molar-refractivity contribution in [2.75, 3.05) is 5.01 Å². The summed E-state index contributed by atoms with van der Waals surface area (Å²) in [5, 5.41) is 17.2. The average Bonchev–Trinajstić information content (AvgIpc) is 3.45. The number of halogens is 1. The first-order valence-electron chi connectivity index (χ1n) is 10.3. The van der Waals surface area contributed by atoms with Gasteiger partial charge in [-0.3, -0.25) is 14.9 Å². The Bertz CT molecular complexity index is 1460. The molecule has 0 atom stereocenters. The van der Waals surface area contributed by atoms with E-state index < -0.39 is 4.92 Å². The molecule has 0 radical (unpaired) electrons. The third kappa shape index (κ3) is 4.00. The summed E-state index contributed by atoms with van der Waals surface area (Å²) in [6.45, 7) is 0. The van der Waals surface area contributed by atoms with Crippen LogP contribution < -0.4 is 5.01 Å². The minimum Gasteiger partial charge on any atom is -0.457 e. The van der Waals surface area contributed by atoms with Crippen LogP contribution in [-0.2, 0) is 4.79 Å². The van der Waals surface area contributed by atoms with Crippen LogP contribution in [0.4, 0.5) is 11.4 Å². The number of nitro groups is 1. The van der Waals surface area contributed by atoms with Crippen molar-refractivity contribution in [3.63, 3.8) is 0 Å². The number of nitro benzene ring substituents is 1. The fourth-order valence-electron chi connectivity index (χ4n) is 3.63. The van der Waals surface area contributed by atoms with Gasteiger partial charge in [0.05, 0.1) is 16.2 Å². The fourth-order valence-corrected chi connectivity index (χ4v) is 3.82. The Kier molecular flexibility index (Phi) is 5.53. The highest BCUT2D eigenvalue weighted by atomic mass is 35.5. The molecule has 1 aliphatic rings. The van der Waals surface area contributed by atoms with Gasteiger partial charge in [-0.25, -0.2) is 0 Å². The lowest BCUT2D eigenvalue weighted by Crippen LogP contribution is -2.21. The molecule has 0 N–H and O–H groups in total. The maximum absolute atomic E-state index is 13.3. The van der Waals surface area contributed by atoms with Gasteiger partial charge in [0, 0.05) is 17.2 Å². The lowest BCUT2D eigenvalue weighted by atomic mass is 10.0. The maximum atomic E-state index is 13.3. The molecule has 0 fully saturated rings. The highest BCUT2D eigenvalue weighted by Gasteiger charge is 2.32. The van der Waals surface area contributed by atoms with E-state index in [1.54, 1.807) is 24.3 Å². The highest BCUT2D eigenvalue weighted by molar-refractivity contribution is 6.37. The van der Waals surface area contributed by atoms with Crippen molar-refractivity contribution in [1.82, 2.24) is 0 Å². The van der Waals surface area contributed by atoms with Crippen molar-refractivity contribution in [1.29, 1.82) is 0 Å². The van der Waals surface area contributed by atoms with Crippen LogP contribution in [-0.4, -0.2) is 16.5 Å². The lowest BCUT2D eigenvalue weighted by Gasteiger charge is -2.10. The number of rotatable bonds is 5. The maximum Gasteiger partial charge on any atom is 0.288 e. The van der Waals surface area contributed by atoms with Gasteiger partial charge in [-0.1, -0.05) is 60.1 Å². The summed E-state index contributed by atoms with van der Waals surface area (Å²) < 4.78 is 5.91. The number of hydrogen-bond acceptors (Lipinski definition) is 5. The van der Waals surface area contributed by atoms with Crippen molar-refractivity contribution in [2.24, 2.45) is 5.10 Å². The van der Waals surface area contributed by atoms with E-state index in [4.69, 9.17) is 16.0 Å². The monoisotopic (exact) mass is 469 g/mol. The zero-order valence-electron chi connectivity index (χ0n) is 17.6. The van der Waals surface area contributed by atoms with Crippen LogP contribution >= 0.6 is 11.6 Å². The van der Waals surface area contributed by atoms with Gasteiger partial charge in [-0.05, 0) is 42.5 Å². The molecule has 1 amide bonds. The standard InChI is InChI=1S/C26H16ClN3O4/c27-22-13-11-18(15-23(22)30(32)33)24-14-12-20(34-24)16-21-25(17-7-3-1-4-8-17)28-29(26(21)31)19-9-5-2-6-10-19/h1-16H/b21-16-. The number of carbonyl (C=O) groups is 1. The molecular weight excluding hydrogens is 454 g/mol. The summed E-state index contributed by atoms with van der Waals surface area (Å²) in [4.78, 5) is 24.0. The van der Waals surface area contributed by atoms with Gasteiger partial charge in [0.15, 0.2) is 0 Å². The molecule has 0 spiro atoms. The first-order valence-corrected chi connectivity index (χ1v) is 10.7. The topological polar surface area (TPSA) is 88.9 Å². The van der Waals surface area contributed by atoms with Crippen molar-refractivity contribution in [3.8, 4) is 11.3 Å². The number of carbonyl (C=O) groups excluding carboxylic acids is 1. The fraction of sp³-hybridized carbons (Fsp3) is 0. The van der Waals surface area contributed by atoms with E-state index in [-0.39, 0.29) is 16.6 Å². The van der Waals surface area contributed by atoms with Crippen molar-refractivity contribution >= 4 is 40.7 Å². The summed E-state index contributed by atoms with van der Waals surface area (Å²) in [5.74, 6) is 0.537. The zero-order valence-corrected chi connectivity index (χ0v) is 18.3. The molecule has 5 rings (SSSR count). The molecule has 34 heavy (non-hydrogen) atoms. The molecule has 7 nitrogen and oxygen atoms in total. The molecule has 0 saturated carbocycles. The minimum absolute atomic E-state index is 0.0453. The highest BCUT2D eigenvalue weighted by Crippen LogP contribution is 2.33. The van der Waals surface area contributed by atoms with E-state index in [1.807, 2.05) is 60.7 Å². The average molecular weight is 470 g/mol. The Morgan fingerprint density at radius 3 is 2.32 bits per heavy atom. The molecule has 2 heterocycles. The van der Waals surface area contributed by atoms with Crippen LogP contribution in [0.3, 0.4) is 0 Å². The molecular formula is C26H16ClN3O4. The second kappa shape index (κ2) is 8.80. The molecule has 1 aromatic heterocycles. The first kappa shape index (κ1) is 21.4. The third-order valence-corrected chi connectivity index (χ3v) is 5.59.